The maximum atomic E-state index is 5.51. The van der Waals surface area contributed by atoms with E-state index in [4.69, 9.17) is 16.3 Å². The third kappa shape index (κ3) is 0.816. The normalized spacial score (nSPS) is 27.9. The van der Waals surface area contributed by atoms with E-state index < -0.39 is 0 Å². The molecule has 1 saturated carbocycles. The summed E-state index contributed by atoms with van der Waals surface area (Å²) in [5.41, 5.74) is 0.199. The molecule has 0 aromatic carbocycles. The van der Waals surface area contributed by atoms with Crippen LogP contribution in [-0.2, 0) is 4.74 Å². The Kier molecular flexibility index (Phi) is 1.00. The Morgan fingerprint density at radius 2 is 2.44 bits per heavy atom. The number of hydrogen-bond donors (Lipinski definition) is 0. The van der Waals surface area contributed by atoms with Crippen molar-refractivity contribution in [3.05, 3.63) is 0 Å². The first-order valence-corrected chi connectivity index (χ1v) is 3.66. The zero-order valence-corrected chi connectivity index (χ0v) is 5.82. The van der Waals surface area contributed by atoms with Gasteiger partial charge in [-0.05, 0) is 12.8 Å². The topological polar surface area (TPSA) is 21.6 Å². The molecular formula is C6H8ClNO. The minimum absolute atomic E-state index is 0.199. The van der Waals surface area contributed by atoms with Crippen LogP contribution in [0.4, 0.5) is 0 Å². The highest BCUT2D eigenvalue weighted by atomic mass is 35.5. The molecule has 0 N–H and O–H groups in total. The molecule has 9 heavy (non-hydrogen) atoms. The average molecular weight is 146 g/mol. The molecule has 0 atom stereocenters. The third-order valence-electron chi connectivity index (χ3n) is 1.81. The molecule has 1 fully saturated rings. The average Bonchev–Trinajstić information content (AvgIpc) is 2.44. The van der Waals surface area contributed by atoms with E-state index in [1.165, 1.54) is 12.8 Å². The van der Waals surface area contributed by atoms with Gasteiger partial charge in [0.25, 0.3) is 0 Å². The molecule has 0 bridgehead atoms. The molecule has 1 aliphatic heterocycles. The van der Waals surface area contributed by atoms with Crippen LogP contribution in [0.5, 0.6) is 0 Å². The third-order valence-corrected chi connectivity index (χ3v) is 2.04. The summed E-state index contributed by atoms with van der Waals surface area (Å²) in [6.07, 6.45) is 2.38. The molecule has 2 aliphatic rings. The van der Waals surface area contributed by atoms with Crippen LogP contribution in [0.3, 0.4) is 0 Å². The van der Waals surface area contributed by atoms with E-state index in [-0.39, 0.29) is 5.54 Å². The van der Waals surface area contributed by atoms with Crippen LogP contribution in [0, 0.1) is 0 Å². The van der Waals surface area contributed by atoms with Crippen LogP contribution >= 0.6 is 11.6 Å². The number of ether oxygens (including phenoxy) is 1. The molecule has 0 aromatic heterocycles. The first-order valence-electron chi connectivity index (χ1n) is 3.12. The molecule has 0 saturated heterocycles. The summed E-state index contributed by atoms with van der Waals surface area (Å²) in [6.45, 7) is 0.773. The van der Waals surface area contributed by atoms with Crippen molar-refractivity contribution in [1.29, 1.82) is 0 Å². The van der Waals surface area contributed by atoms with Gasteiger partial charge >= 0.3 is 0 Å². The summed E-state index contributed by atoms with van der Waals surface area (Å²) in [7, 11) is 0. The molecule has 3 heteroatoms. The van der Waals surface area contributed by atoms with Gasteiger partial charge in [0.15, 0.2) is 5.90 Å². The number of hydrogen-bond acceptors (Lipinski definition) is 2. The highest BCUT2D eigenvalue weighted by molar-refractivity contribution is 6.27. The largest absolute Gasteiger partial charge is 0.478 e. The smallest absolute Gasteiger partial charge is 0.199 e. The summed E-state index contributed by atoms with van der Waals surface area (Å²) in [6, 6.07) is 0. The fraction of sp³-hybridized carbons (Fsp3) is 0.833. The molecule has 1 spiro atoms. The van der Waals surface area contributed by atoms with Crippen molar-refractivity contribution in [1.82, 2.24) is 0 Å². The Labute approximate surface area is 58.9 Å². The molecular weight excluding hydrogens is 138 g/mol. The van der Waals surface area contributed by atoms with Crippen LogP contribution in [0.15, 0.2) is 4.99 Å². The van der Waals surface area contributed by atoms with Gasteiger partial charge in [0.2, 0.25) is 0 Å². The van der Waals surface area contributed by atoms with E-state index in [1.54, 1.807) is 0 Å². The van der Waals surface area contributed by atoms with Crippen LogP contribution in [0.25, 0.3) is 0 Å². The Bertz CT molecular complexity index is 162. The minimum atomic E-state index is 0.199. The van der Waals surface area contributed by atoms with E-state index in [0.717, 1.165) is 12.5 Å². The first kappa shape index (κ1) is 5.54. The van der Waals surface area contributed by atoms with E-state index in [1.807, 2.05) is 0 Å². The van der Waals surface area contributed by atoms with Gasteiger partial charge in [-0.25, -0.2) is 4.99 Å². The van der Waals surface area contributed by atoms with E-state index in [9.17, 15) is 0 Å². The van der Waals surface area contributed by atoms with Gasteiger partial charge in [-0.15, -0.1) is 11.6 Å². The Balaban J connectivity index is 2.11. The number of aliphatic imine (C=N–C) groups is 1. The van der Waals surface area contributed by atoms with Gasteiger partial charge in [-0.2, -0.15) is 0 Å². The van der Waals surface area contributed by atoms with Crippen LogP contribution < -0.4 is 0 Å². The second kappa shape index (κ2) is 1.63. The predicted molar refractivity (Wildman–Crippen MR) is 36.1 cm³/mol. The molecule has 0 unspecified atom stereocenters. The fourth-order valence-corrected chi connectivity index (χ4v) is 1.15. The number of rotatable bonds is 1. The molecule has 0 radical (unpaired) electrons. The van der Waals surface area contributed by atoms with Gasteiger partial charge in [0.05, 0.1) is 11.4 Å². The maximum Gasteiger partial charge on any atom is 0.199 e. The SMILES string of the molecule is ClCC1=NC2(CC2)CO1. The van der Waals surface area contributed by atoms with Crippen molar-refractivity contribution in [3.8, 4) is 0 Å². The Morgan fingerprint density at radius 3 is 2.78 bits per heavy atom. The minimum Gasteiger partial charge on any atom is -0.478 e. The molecule has 1 aliphatic carbocycles. The summed E-state index contributed by atoms with van der Waals surface area (Å²) in [5.74, 6) is 1.16. The summed E-state index contributed by atoms with van der Waals surface area (Å²) in [5, 5.41) is 0. The Morgan fingerprint density at radius 1 is 1.67 bits per heavy atom. The van der Waals surface area contributed by atoms with Gasteiger partial charge < -0.3 is 4.74 Å². The van der Waals surface area contributed by atoms with E-state index in [2.05, 4.69) is 4.99 Å². The fourth-order valence-electron chi connectivity index (χ4n) is 1.02. The van der Waals surface area contributed by atoms with Crippen LogP contribution in [0.2, 0.25) is 0 Å². The van der Waals surface area contributed by atoms with Crippen molar-refractivity contribution in [2.75, 3.05) is 12.5 Å². The van der Waals surface area contributed by atoms with Crippen molar-refractivity contribution in [2.24, 2.45) is 4.99 Å². The molecule has 50 valence electrons. The number of nitrogens with zero attached hydrogens (tertiary/aromatic N) is 1. The summed E-state index contributed by atoms with van der Waals surface area (Å²) < 4.78 is 5.20. The predicted octanol–water partition coefficient (Wildman–Crippen LogP) is 1.19. The lowest BCUT2D eigenvalue weighted by Gasteiger charge is -1.94. The van der Waals surface area contributed by atoms with Crippen molar-refractivity contribution in [2.45, 2.75) is 18.4 Å². The highest BCUT2D eigenvalue weighted by Gasteiger charge is 2.47. The quantitative estimate of drug-likeness (QED) is 0.508. The lowest BCUT2D eigenvalue weighted by Crippen LogP contribution is -2.05. The molecule has 2 rings (SSSR count). The van der Waals surface area contributed by atoms with Crippen LogP contribution in [-0.4, -0.2) is 23.9 Å². The molecule has 2 nitrogen and oxygen atoms in total. The van der Waals surface area contributed by atoms with Gasteiger partial charge in [0, 0.05) is 0 Å². The monoisotopic (exact) mass is 145 g/mol. The van der Waals surface area contributed by atoms with Crippen LogP contribution in [0.1, 0.15) is 12.8 Å². The molecule has 1 heterocycles. The van der Waals surface area contributed by atoms with Crippen molar-refractivity contribution >= 4 is 17.5 Å². The van der Waals surface area contributed by atoms with Gasteiger partial charge in [-0.3, -0.25) is 0 Å². The van der Waals surface area contributed by atoms with E-state index >= 15 is 0 Å². The highest BCUT2D eigenvalue weighted by Crippen LogP contribution is 2.42. The molecule has 0 amide bonds. The lowest BCUT2D eigenvalue weighted by atomic mass is 10.3. The number of halogens is 1. The number of alkyl halides is 1. The van der Waals surface area contributed by atoms with Crippen molar-refractivity contribution in [3.63, 3.8) is 0 Å². The standard InChI is InChI=1S/C6H8ClNO/c7-3-5-8-6(1-2-6)4-9-5/h1-4H2. The second-order valence-corrected chi connectivity index (χ2v) is 2.92. The second-order valence-electron chi connectivity index (χ2n) is 2.65. The first-order chi connectivity index (χ1) is 4.35. The zero-order chi connectivity index (χ0) is 6.32. The molecule has 0 aromatic rings. The van der Waals surface area contributed by atoms with Gasteiger partial charge in [0.1, 0.15) is 6.61 Å². The summed E-state index contributed by atoms with van der Waals surface area (Å²) >= 11 is 5.51. The van der Waals surface area contributed by atoms with Gasteiger partial charge in [-0.1, -0.05) is 0 Å². The lowest BCUT2D eigenvalue weighted by molar-refractivity contribution is 0.308. The summed E-state index contributed by atoms with van der Waals surface area (Å²) in [4.78, 5) is 4.31. The Hall–Kier alpha value is -0.240. The van der Waals surface area contributed by atoms with Crippen molar-refractivity contribution < 1.29 is 4.74 Å². The van der Waals surface area contributed by atoms with E-state index in [0.29, 0.717) is 5.88 Å². The zero-order valence-electron chi connectivity index (χ0n) is 5.06. The maximum absolute atomic E-state index is 5.51.